The smallest absolute Gasteiger partial charge is 0.157 e. The van der Waals surface area contributed by atoms with E-state index in [1.807, 2.05) is 12.1 Å². The first-order valence-electron chi connectivity index (χ1n) is 9.86. The Morgan fingerprint density at radius 3 is 2.50 bits per heavy atom. The van der Waals surface area contributed by atoms with Crippen molar-refractivity contribution in [3.8, 4) is 33.9 Å². The molecule has 6 nitrogen and oxygen atoms in total. The van der Waals surface area contributed by atoms with Gasteiger partial charge in [0.25, 0.3) is 0 Å². The fourth-order valence-electron chi connectivity index (χ4n) is 3.83. The molecular formula is C24H14F2N6. The average molecular weight is 424 g/mol. The van der Waals surface area contributed by atoms with E-state index in [9.17, 15) is 8.78 Å². The molecule has 0 amide bonds. The fourth-order valence-corrected chi connectivity index (χ4v) is 3.83. The lowest BCUT2D eigenvalue weighted by atomic mass is 10.0. The molecule has 0 atom stereocenters. The quantitative estimate of drug-likeness (QED) is 0.393. The molecule has 0 spiro atoms. The molecule has 0 unspecified atom stereocenters. The molecule has 0 bridgehead atoms. The average Bonchev–Trinajstić information content (AvgIpc) is 3.44. The number of imidazole rings is 1. The number of nitrogens with zero attached hydrogens (tertiary/aromatic N) is 4. The monoisotopic (exact) mass is 424 g/mol. The number of aromatic nitrogens is 6. The Balaban J connectivity index is 1.53. The van der Waals surface area contributed by atoms with Gasteiger partial charge in [0.2, 0.25) is 0 Å². The van der Waals surface area contributed by atoms with Crippen LogP contribution < -0.4 is 0 Å². The summed E-state index contributed by atoms with van der Waals surface area (Å²) in [7, 11) is 0. The minimum absolute atomic E-state index is 0.227. The lowest BCUT2D eigenvalue weighted by Crippen LogP contribution is -1.86. The molecule has 0 fully saturated rings. The van der Waals surface area contributed by atoms with Crippen LogP contribution in [0.3, 0.4) is 0 Å². The fraction of sp³-hybridized carbons (Fsp3) is 0. The highest BCUT2D eigenvalue weighted by Crippen LogP contribution is 2.33. The van der Waals surface area contributed by atoms with Crippen LogP contribution in [-0.4, -0.2) is 30.1 Å². The highest BCUT2D eigenvalue weighted by Gasteiger charge is 2.18. The first-order valence-corrected chi connectivity index (χ1v) is 9.86. The Kier molecular flexibility index (Phi) is 4.04. The summed E-state index contributed by atoms with van der Waals surface area (Å²) in [6.45, 7) is 0. The van der Waals surface area contributed by atoms with Gasteiger partial charge in [-0.05, 0) is 54.1 Å². The van der Waals surface area contributed by atoms with Gasteiger partial charge in [-0.25, -0.2) is 13.8 Å². The van der Waals surface area contributed by atoms with E-state index in [-0.39, 0.29) is 11.3 Å². The third kappa shape index (κ3) is 2.92. The molecular weight excluding hydrogens is 410 g/mol. The van der Waals surface area contributed by atoms with Gasteiger partial charge in [-0.15, -0.1) is 0 Å². The minimum atomic E-state index is -0.436. The Bertz CT molecular complexity index is 1590. The topological polar surface area (TPSA) is 83.1 Å². The third-order valence-electron chi connectivity index (χ3n) is 5.36. The molecule has 0 radical (unpaired) electrons. The highest BCUT2D eigenvalue weighted by atomic mass is 19.1. The zero-order valence-corrected chi connectivity index (χ0v) is 16.5. The number of hydrogen-bond acceptors (Lipinski definition) is 4. The largest absolute Gasteiger partial charge is 0.337 e. The Morgan fingerprint density at radius 1 is 0.812 bits per heavy atom. The summed E-state index contributed by atoms with van der Waals surface area (Å²) in [5, 5.41) is 7.66. The second-order valence-electron chi connectivity index (χ2n) is 7.34. The molecule has 0 aliphatic heterocycles. The molecule has 0 saturated heterocycles. The van der Waals surface area contributed by atoms with Gasteiger partial charge in [-0.1, -0.05) is 6.07 Å². The Labute approximate surface area is 180 Å². The minimum Gasteiger partial charge on any atom is -0.337 e. The summed E-state index contributed by atoms with van der Waals surface area (Å²) >= 11 is 0. The number of aromatic amines is 2. The second-order valence-corrected chi connectivity index (χ2v) is 7.34. The van der Waals surface area contributed by atoms with E-state index in [1.165, 1.54) is 18.2 Å². The van der Waals surface area contributed by atoms with Gasteiger partial charge < -0.3 is 4.98 Å². The zero-order valence-electron chi connectivity index (χ0n) is 16.5. The van der Waals surface area contributed by atoms with Crippen LogP contribution in [0, 0.1) is 11.6 Å². The van der Waals surface area contributed by atoms with Crippen LogP contribution in [0.2, 0.25) is 0 Å². The van der Waals surface area contributed by atoms with Crippen LogP contribution >= 0.6 is 0 Å². The van der Waals surface area contributed by atoms with E-state index in [4.69, 9.17) is 4.98 Å². The van der Waals surface area contributed by atoms with Crippen LogP contribution in [-0.2, 0) is 0 Å². The number of fused-ring (bicyclic) bond motifs is 2. The summed E-state index contributed by atoms with van der Waals surface area (Å²) in [5.74, 6) is -0.255. The van der Waals surface area contributed by atoms with Crippen LogP contribution in [0.5, 0.6) is 0 Å². The number of pyridine rings is 2. The van der Waals surface area contributed by atoms with Gasteiger partial charge in [-0.2, -0.15) is 5.10 Å². The van der Waals surface area contributed by atoms with Crippen molar-refractivity contribution in [3.63, 3.8) is 0 Å². The van der Waals surface area contributed by atoms with Crippen molar-refractivity contribution < 1.29 is 8.78 Å². The van der Waals surface area contributed by atoms with E-state index >= 15 is 0 Å². The van der Waals surface area contributed by atoms with Gasteiger partial charge in [-0.3, -0.25) is 15.1 Å². The van der Waals surface area contributed by atoms with E-state index in [0.717, 1.165) is 16.6 Å². The van der Waals surface area contributed by atoms with E-state index in [2.05, 4.69) is 25.1 Å². The molecule has 4 aromatic heterocycles. The SMILES string of the molecule is Fc1ccc(-c2nccc3[nH]c(-c4[nH]nc5c(F)cc(-c6cccnc6)cc45)nc23)cc1. The number of halogens is 2. The zero-order chi connectivity index (χ0) is 21.7. The maximum absolute atomic E-state index is 14.8. The molecule has 6 rings (SSSR count). The molecule has 0 aliphatic carbocycles. The molecule has 6 aromatic rings. The van der Waals surface area contributed by atoms with Crippen molar-refractivity contribution in [3.05, 3.63) is 84.8 Å². The Hall–Kier alpha value is -4.46. The van der Waals surface area contributed by atoms with Gasteiger partial charge >= 0.3 is 0 Å². The summed E-state index contributed by atoms with van der Waals surface area (Å²) in [4.78, 5) is 16.5. The van der Waals surface area contributed by atoms with Gasteiger partial charge in [0.15, 0.2) is 11.6 Å². The molecule has 2 N–H and O–H groups in total. The predicted octanol–water partition coefficient (Wildman–Crippen LogP) is 5.51. The maximum Gasteiger partial charge on any atom is 0.157 e. The molecule has 154 valence electrons. The summed E-state index contributed by atoms with van der Waals surface area (Å²) < 4.78 is 28.2. The van der Waals surface area contributed by atoms with Gasteiger partial charge in [0.05, 0.1) is 11.2 Å². The highest BCUT2D eigenvalue weighted by molar-refractivity contribution is 5.97. The molecule has 0 aliphatic rings. The van der Waals surface area contributed by atoms with Crippen molar-refractivity contribution in [2.45, 2.75) is 0 Å². The number of nitrogens with one attached hydrogen (secondary N) is 2. The number of H-pyrrole nitrogens is 2. The lowest BCUT2D eigenvalue weighted by molar-refractivity contribution is 0.628. The van der Waals surface area contributed by atoms with Crippen molar-refractivity contribution in [2.75, 3.05) is 0 Å². The Morgan fingerprint density at radius 2 is 1.69 bits per heavy atom. The van der Waals surface area contributed by atoms with E-state index in [0.29, 0.717) is 33.7 Å². The third-order valence-corrected chi connectivity index (χ3v) is 5.36. The van der Waals surface area contributed by atoms with Crippen LogP contribution in [0.25, 0.3) is 55.8 Å². The van der Waals surface area contributed by atoms with Gasteiger partial charge in [0, 0.05) is 35.1 Å². The number of rotatable bonds is 3. The van der Waals surface area contributed by atoms with E-state index < -0.39 is 5.82 Å². The second kappa shape index (κ2) is 7.05. The number of benzene rings is 2. The lowest BCUT2D eigenvalue weighted by Gasteiger charge is -2.02. The molecule has 32 heavy (non-hydrogen) atoms. The van der Waals surface area contributed by atoms with Crippen molar-refractivity contribution >= 4 is 21.9 Å². The van der Waals surface area contributed by atoms with Crippen LogP contribution in [0.1, 0.15) is 0 Å². The first-order chi connectivity index (χ1) is 15.7. The van der Waals surface area contributed by atoms with Crippen LogP contribution in [0.15, 0.2) is 73.2 Å². The van der Waals surface area contributed by atoms with Crippen LogP contribution in [0.4, 0.5) is 8.78 Å². The number of hydrogen-bond donors (Lipinski definition) is 2. The molecule has 0 saturated carbocycles. The summed E-state index contributed by atoms with van der Waals surface area (Å²) in [5.41, 5.74) is 5.02. The first kappa shape index (κ1) is 18.3. The van der Waals surface area contributed by atoms with Crippen molar-refractivity contribution in [1.29, 1.82) is 0 Å². The molecule has 8 heteroatoms. The predicted molar refractivity (Wildman–Crippen MR) is 118 cm³/mol. The normalized spacial score (nSPS) is 11.4. The maximum atomic E-state index is 14.8. The summed E-state index contributed by atoms with van der Waals surface area (Å²) in [6, 6.07) is 14.9. The van der Waals surface area contributed by atoms with Crippen molar-refractivity contribution in [2.24, 2.45) is 0 Å². The standard InChI is InChI=1S/C24H14F2N6/c25-16-5-3-13(4-6-16)20-23-19(7-9-28-20)29-24(30-23)22-17-10-15(14-2-1-8-27-12-14)11-18(26)21(17)31-32-22/h1-12H,(H,29,30)(H,31,32). The summed E-state index contributed by atoms with van der Waals surface area (Å²) in [6.07, 6.45) is 5.01. The molecule has 4 heterocycles. The van der Waals surface area contributed by atoms with Crippen molar-refractivity contribution in [1.82, 2.24) is 30.1 Å². The van der Waals surface area contributed by atoms with E-state index in [1.54, 1.807) is 42.9 Å². The molecule has 2 aromatic carbocycles. The van der Waals surface area contributed by atoms with Gasteiger partial charge in [0.1, 0.15) is 22.5 Å².